The Kier molecular flexibility index (Phi) is 4.39. The maximum absolute atomic E-state index is 11.5. The molecule has 0 aliphatic rings. The molecule has 0 fully saturated rings. The van der Waals surface area contributed by atoms with Crippen molar-refractivity contribution in [1.29, 1.82) is 0 Å². The number of nitrogens with zero attached hydrogens (tertiary/aromatic N) is 2. The van der Waals surface area contributed by atoms with Gasteiger partial charge in [0.15, 0.2) is 0 Å². The van der Waals surface area contributed by atoms with Crippen LogP contribution in [0, 0.1) is 13.8 Å². The molecule has 0 spiro atoms. The largest absolute Gasteiger partial charge is 0.506 e. The molecule has 25 heavy (non-hydrogen) atoms. The zero-order chi connectivity index (χ0) is 18.0. The molecule has 0 atom stereocenters. The van der Waals surface area contributed by atoms with Gasteiger partial charge in [-0.3, -0.25) is 4.99 Å². The third-order valence-electron chi connectivity index (χ3n) is 4.07. The minimum atomic E-state index is -0.965. The Hall–Kier alpha value is -3.34. The highest BCUT2D eigenvalue weighted by Crippen LogP contribution is 2.26. The fraction of sp³-hybridized carbons (Fsp3) is 0.100. The van der Waals surface area contributed by atoms with Crippen LogP contribution < -0.4 is 0 Å². The molecule has 0 amide bonds. The van der Waals surface area contributed by atoms with Crippen molar-refractivity contribution in [2.75, 3.05) is 0 Å². The summed E-state index contributed by atoms with van der Waals surface area (Å²) in [5.74, 6) is -0.851. The summed E-state index contributed by atoms with van der Waals surface area (Å²) < 4.78 is 1.90. The van der Waals surface area contributed by atoms with Crippen molar-refractivity contribution in [2.24, 2.45) is 4.99 Å². The number of phenols is 1. The van der Waals surface area contributed by atoms with Crippen LogP contribution in [0.2, 0.25) is 0 Å². The predicted octanol–water partition coefficient (Wildman–Crippen LogP) is 4.25. The zero-order valence-corrected chi connectivity index (χ0v) is 14.0. The minimum absolute atomic E-state index is 0.115. The monoisotopic (exact) mass is 334 g/mol. The van der Waals surface area contributed by atoms with Crippen LogP contribution in [0.4, 0.5) is 5.69 Å². The predicted molar refractivity (Wildman–Crippen MR) is 97.6 cm³/mol. The van der Waals surface area contributed by atoms with Gasteiger partial charge in [0.05, 0.1) is 11.3 Å². The number of hydrogen-bond donors (Lipinski definition) is 2. The molecule has 0 saturated carbocycles. The van der Waals surface area contributed by atoms with E-state index < -0.39 is 5.97 Å². The fourth-order valence-corrected chi connectivity index (χ4v) is 2.85. The number of aryl methyl sites for hydroxylation is 1. The maximum atomic E-state index is 11.5. The molecule has 1 aromatic heterocycles. The number of carbonyl (C=O) groups is 1. The summed E-state index contributed by atoms with van der Waals surface area (Å²) in [5.41, 5.74) is 4.00. The first kappa shape index (κ1) is 16.5. The van der Waals surface area contributed by atoms with Gasteiger partial charge in [0, 0.05) is 23.2 Å². The molecule has 2 aromatic carbocycles. The van der Waals surface area contributed by atoms with Gasteiger partial charge in [-0.15, -0.1) is 0 Å². The lowest BCUT2D eigenvalue weighted by Crippen LogP contribution is -2.07. The second-order valence-corrected chi connectivity index (χ2v) is 5.73. The minimum Gasteiger partial charge on any atom is -0.506 e. The molecule has 3 rings (SSSR count). The molecular weight excluding hydrogens is 316 g/mol. The number of phenolic OH excluding ortho intramolecular Hbond substituents is 1. The topological polar surface area (TPSA) is 74.8 Å². The maximum Gasteiger partial charge on any atom is 0.337 e. The average Bonchev–Trinajstić information content (AvgIpc) is 2.88. The Balaban J connectivity index is 2.06. The molecule has 0 aliphatic heterocycles. The Morgan fingerprint density at radius 3 is 2.48 bits per heavy atom. The van der Waals surface area contributed by atoms with Gasteiger partial charge in [0.2, 0.25) is 0 Å². The smallest absolute Gasteiger partial charge is 0.337 e. The summed E-state index contributed by atoms with van der Waals surface area (Å²) in [4.78, 5) is 15.8. The highest BCUT2D eigenvalue weighted by molar-refractivity contribution is 5.92. The van der Waals surface area contributed by atoms with Crippen molar-refractivity contribution in [3.63, 3.8) is 0 Å². The molecule has 3 aromatic rings. The van der Waals surface area contributed by atoms with E-state index in [9.17, 15) is 15.0 Å². The number of para-hydroxylation sites is 3. The van der Waals surface area contributed by atoms with Crippen LogP contribution in [-0.4, -0.2) is 27.0 Å². The Bertz CT molecular complexity index is 971. The summed E-state index contributed by atoms with van der Waals surface area (Å²) in [6, 6.07) is 15.7. The summed E-state index contributed by atoms with van der Waals surface area (Å²) in [6.07, 6.45) is 1.68. The van der Waals surface area contributed by atoms with E-state index in [1.807, 2.05) is 30.5 Å². The van der Waals surface area contributed by atoms with E-state index in [0.29, 0.717) is 11.4 Å². The van der Waals surface area contributed by atoms with Crippen molar-refractivity contribution in [3.8, 4) is 11.4 Å². The SMILES string of the molecule is Cc1cc(C=Nc2ccccc2O)c(C)n1-c1ccccc1C(=O)O. The first-order valence-corrected chi connectivity index (χ1v) is 7.82. The molecule has 2 N–H and O–H groups in total. The molecule has 1 heterocycles. The second kappa shape index (κ2) is 6.65. The van der Waals surface area contributed by atoms with E-state index in [0.717, 1.165) is 17.0 Å². The van der Waals surface area contributed by atoms with E-state index in [4.69, 9.17) is 0 Å². The van der Waals surface area contributed by atoms with Crippen LogP contribution in [0.5, 0.6) is 5.75 Å². The number of carboxylic acids is 1. The van der Waals surface area contributed by atoms with Gasteiger partial charge < -0.3 is 14.8 Å². The molecule has 5 nitrogen and oxygen atoms in total. The highest BCUT2D eigenvalue weighted by Gasteiger charge is 2.15. The third-order valence-corrected chi connectivity index (χ3v) is 4.07. The summed E-state index contributed by atoms with van der Waals surface area (Å²) in [6.45, 7) is 3.83. The van der Waals surface area contributed by atoms with E-state index >= 15 is 0 Å². The standard InChI is InChI=1S/C20H18N2O3/c1-13-11-15(12-21-17-8-4-6-10-19(17)23)14(2)22(13)18-9-5-3-7-16(18)20(24)25/h3-12,23H,1-2H3,(H,24,25). The highest BCUT2D eigenvalue weighted by atomic mass is 16.4. The first-order chi connectivity index (χ1) is 12.0. The number of aromatic nitrogens is 1. The van der Waals surface area contributed by atoms with Crippen molar-refractivity contribution < 1.29 is 15.0 Å². The van der Waals surface area contributed by atoms with Gasteiger partial charge >= 0.3 is 5.97 Å². The zero-order valence-electron chi connectivity index (χ0n) is 14.0. The van der Waals surface area contributed by atoms with Gasteiger partial charge in [-0.05, 0) is 44.2 Å². The lowest BCUT2D eigenvalue weighted by Gasteiger charge is -2.12. The third kappa shape index (κ3) is 3.17. The van der Waals surface area contributed by atoms with E-state index in [-0.39, 0.29) is 11.3 Å². The molecule has 0 saturated heterocycles. The van der Waals surface area contributed by atoms with Crippen molar-refractivity contribution in [2.45, 2.75) is 13.8 Å². The van der Waals surface area contributed by atoms with Crippen LogP contribution in [-0.2, 0) is 0 Å². The Morgan fingerprint density at radius 2 is 1.76 bits per heavy atom. The molecule has 0 unspecified atom stereocenters. The van der Waals surface area contributed by atoms with Crippen LogP contribution in [0.1, 0.15) is 27.3 Å². The normalized spacial score (nSPS) is 11.1. The van der Waals surface area contributed by atoms with Crippen molar-refractivity contribution in [3.05, 3.63) is 77.1 Å². The molecule has 0 bridgehead atoms. The summed E-state index contributed by atoms with van der Waals surface area (Å²) >= 11 is 0. The van der Waals surface area contributed by atoms with Crippen molar-refractivity contribution >= 4 is 17.9 Å². The van der Waals surface area contributed by atoms with Gasteiger partial charge in [-0.1, -0.05) is 24.3 Å². The fourth-order valence-electron chi connectivity index (χ4n) is 2.85. The molecule has 0 aliphatic carbocycles. The molecule has 5 heteroatoms. The van der Waals surface area contributed by atoms with E-state index in [2.05, 4.69) is 4.99 Å². The van der Waals surface area contributed by atoms with Gasteiger partial charge in [-0.2, -0.15) is 0 Å². The van der Waals surface area contributed by atoms with E-state index in [1.54, 1.807) is 48.7 Å². The Morgan fingerprint density at radius 1 is 1.08 bits per heavy atom. The summed E-state index contributed by atoms with van der Waals surface area (Å²) in [5, 5.41) is 19.2. The number of aliphatic imine (C=N–C) groups is 1. The van der Waals surface area contributed by atoms with Crippen LogP contribution in [0.25, 0.3) is 5.69 Å². The van der Waals surface area contributed by atoms with Gasteiger partial charge in [-0.25, -0.2) is 4.79 Å². The molecular formula is C20H18N2O3. The lowest BCUT2D eigenvalue weighted by atomic mass is 10.1. The van der Waals surface area contributed by atoms with Crippen molar-refractivity contribution in [1.82, 2.24) is 4.57 Å². The number of rotatable bonds is 4. The second-order valence-electron chi connectivity index (χ2n) is 5.73. The average molecular weight is 334 g/mol. The number of benzene rings is 2. The number of aromatic carboxylic acids is 1. The lowest BCUT2D eigenvalue weighted by molar-refractivity contribution is 0.0697. The number of hydrogen-bond acceptors (Lipinski definition) is 3. The van der Waals surface area contributed by atoms with Crippen LogP contribution >= 0.6 is 0 Å². The van der Waals surface area contributed by atoms with Gasteiger partial charge in [0.1, 0.15) is 11.4 Å². The quantitative estimate of drug-likeness (QED) is 0.701. The first-order valence-electron chi connectivity index (χ1n) is 7.82. The molecule has 126 valence electrons. The molecule has 0 radical (unpaired) electrons. The summed E-state index contributed by atoms with van der Waals surface area (Å²) in [7, 11) is 0. The van der Waals surface area contributed by atoms with Gasteiger partial charge in [0.25, 0.3) is 0 Å². The van der Waals surface area contributed by atoms with Crippen LogP contribution in [0.3, 0.4) is 0 Å². The number of carboxylic acid groups (broad SMARTS) is 1. The van der Waals surface area contributed by atoms with E-state index in [1.165, 1.54) is 0 Å². The van der Waals surface area contributed by atoms with Crippen LogP contribution in [0.15, 0.2) is 59.6 Å². The Labute approximate surface area is 145 Å². The number of aromatic hydroxyl groups is 1.